The fourth-order valence-electron chi connectivity index (χ4n) is 5.15. The van der Waals surface area contributed by atoms with E-state index >= 15 is 0 Å². The number of aryl methyl sites for hydroxylation is 1. The summed E-state index contributed by atoms with van der Waals surface area (Å²) in [4.78, 5) is 38.0. The highest BCUT2D eigenvalue weighted by Crippen LogP contribution is 2.30. The lowest BCUT2D eigenvalue weighted by atomic mass is 10.0. The van der Waals surface area contributed by atoms with Crippen molar-refractivity contribution < 1.29 is 4.79 Å². The lowest BCUT2D eigenvalue weighted by Crippen LogP contribution is -2.62. The Kier molecular flexibility index (Phi) is 6.20. The van der Waals surface area contributed by atoms with E-state index in [2.05, 4.69) is 38.8 Å². The van der Waals surface area contributed by atoms with Gasteiger partial charge in [0.15, 0.2) is 0 Å². The minimum Gasteiger partial charge on any atom is -0.362 e. The van der Waals surface area contributed by atoms with Crippen molar-refractivity contribution in [3.63, 3.8) is 0 Å². The van der Waals surface area contributed by atoms with Crippen molar-refractivity contribution in [1.82, 2.24) is 19.8 Å². The van der Waals surface area contributed by atoms with E-state index in [9.17, 15) is 9.59 Å². The number of fused-ring (bicyclic) bond motifs is 1. The van der Waals surface area contributed by atoms with E-state index in [0.717, 1.165) is 18.5 Å². The Labute approximate surface area is 189 Å². The second-order valence-corrected chi connectivity index (χ2v) is 9.29. The van der Waals surface area contributed by atoms with Crippen LogP contribution in [0, 0.1) is 6.57 Å². The molecule has 1 saturated heterocycles. The van der Waals surface area contributed by atoms with E-state index in [1.54, 1.807) is 29.8 Å². The first kappa shape index (κ1) is 22.3. The molecule has 1 saturated carbocycles. The number of carbonyl (C=O) groups excluding carboxylic acids is 1. The molecule has 1 N–H and O–H groups in total. The van der Waals surface area contributed by atoms with E-state index in [0.29, 0.717) is 36.0 Å². The first-order valence-electron chi connectivity index (χ1n) is 11.5. The van der Waals surface area contributed by atoms with Crippen molar-refractivity contribution >= 4 is 28.4 Å². The Balaban J connectivity index is 1.59. The normalized spacial score (nSPS) is 23.3. The minimum atomic E-state index is -0.206. The summed E-state index contributed by atoms with van der Waals surface area (Å²) < 4.78 is 1.57. The van der Waals surface area contributed by atoms with Crippen LogP contribution >= 0.6 is 0 Å². The van der Waals surface area contributed by atoms with Crippen molar-refractivity contribution in [1.29, 1.82) is 0 Å². The van der Waals surface area contributed by atoms with E-state index in [1.807, 2.05) is 6.92 Å². The smallest absolute Gasteiger partial charge is 0.270 e. The Hall–Kier alpha value is -2.92. The Morgan fingerprint density at radius 2 is 1.94 bits per heavy atom. The van der Waals surface area contributed by atoms with Gasteiger partial charge in [0, 0.05) is 44.3 Å². The molecule has 0 spiro atoms. The van der Waals surface area contributed by atoms with Crippen molar-refractivity contribution in [2.45, 2.75) is 70.6 Å². The highest BCUT2D eigenvalue weighted by Gasteiger charge is 2.36. The van der Waals surface area contributed by atoms with Gasteiger partial charge in [0.2, 0.25) is 11.4 Å². The van der Waals surface area contributed by atoms with Gasteiger partial charge in [-0.2, -0.15) is 0 Å². The largest absolute Gasteiger partial charge is 0.362 e. The third kappa shape index (κ3) is 4.09. The number of aromatic nitrogens is 2. The zero-order valence-electron chi connectivity index (χ0n) is 19.3. The quantitative estimate of drug-likeness (QED) is 0.746. The van der Waals surface area contributed by atoms with Gasteiger partial charge in [-0.15, -0.1) is 4.98 Å². The van der Waals surface area contributed by atoms with Gasteiger partial charge in [-0.25, -0.2) is 0 Å². The molecule has 2 fully saturated rings. The van der Waals surface area contributed by atoms with Crippen molar-refractivity contribution in [2.75, 3.05) is 18.0 Å². The average Bonchev–Trinajstić information content (AvgIpc) is 3.29. The zero-order valence-corrected chi connectivity index (χ0v) is 19.3. The molecule has 2 aliphatic rings. The molecule has 1 unspecified atom stereocenters. The number of anilines is 1. The molecule has 1 aliphatic carbocycles. The number of hydrogen-bond acceptors (Lipinski definition) is 5. The van der Waals surface area contributed by atoms with Gasteiger partial charge in [0.25, 0.3) is 11.4 Å². The molecule has 170 valence electrons. The van der Waals surface area contributed by atoms with Gasteiger partial charge in [-0.3, -0.25) is 14.5 Å². The summed E-state index contributed by atoms with van der Waals surface area (Å²) in [6.45, 7) is 14.9. The fourth-order valence-corrected chi connectivity index (χ4v) is 5.15. The second kappa shape index (κ2) is 8.91. The first-order valence-corrected chi connectivity index (χ1v) is 11.5. The van der Waals surface area contributed by atoms with Crippen LogP contribution < -0.4 is 15.8 Å². The summed E-state index contributed by atoms with van der Waals surface area (Å²) in [5, 5.41) is 3.23. The third-order valence-corrected chi connectivity index (χ3v) is 7.09. The number of rotatable bonds is 4. The maximum atomic E-state index is 12.9. The summed E-state index contributed by atoms with van der Waals surface area (Å²) in [7, 11) is 1.72. The summed E-state index contributed by atoms with van der Waals surface area (Å²) >= 11 is 0. The number of carbonyl (C=O) groups is 1. The number of nitrogens with one attached hydrogen (secondary N) is 1. The van der Waals surface area contributed by atoms with Crippen LogP contribution in [0.15, 0.2) is 23.0 Å². The lowest BCUT2D eigenvalue weighted by Gasteiger charge is -2.47. The van der Waals surface area contributed by atoms with Gasteiger partial charge in [-0.1, -0.05) is 19.4 Å². The molecule has 0 bridgehead atoms. The van der Waals surface area contributed by atoms with Crippen LogP contribution in [0.25, 0.3) is 15.9 Å². The summed E-state index contributed by atoms with van der Waals surface area (Å²) in [6.07, 6.45) is 4.54. The number of amides is 1. The fraction of sp³-hybridized carbons (Fsp3) is 0.583. The second-order valence-electron chi connectivity index (χ2n) is 9.29. The van der Waals surface area contributed by atoms with Crippen LogP contribution in [0.5, 0.6) is 0 Å². The predicted octanol–water partition coefficient (Wildman–Crippen LogP) is 2.83. The van der Waals surface area contributed by atoms with Crippen LogP contribution in [-0.4, -0.2) is 57.6 Å². The molecule has 8 nitrogen and oxygen atoms in total. The molecule has 4 rings (SSSR count). The molecule has 3 heterocycles. The Morgan fingerprint density at radius 3 is 2.62 bits per heavy atom. The monoisotopic (exact) mass is 436 g/mol. The minimum absolute atomic E-state index is 0.0848. The Bertz CT molecular complexity index is 1110. The highest BCUT2D eigenvalue weighted by atomic mass is 16.2. The van der Waals surface area contributed by atoms with E-state index in [4.69, 9.17) is 6.57 Å². The van der Waals surface area contributed by atoms with E-state index < -0.39 is 0 Å². The van der Waals surface area contributed by atoms with Crippen molar-refractivity contribution in [3.8, 4) is 0 Å². The number of pyridine rings is 2. The van der Waals surface area contributed by atoms with Crippen molar-refractivity contribution in [3.05, 3.63) is 40.0 Å². The van der Waals surface area contributed by atoms with Crippen LogP contribution in [-0.2, 0) is 11.8 Å². The molecule has 0 radical (unpaired) electrons. The lowest BCUT2D eigenvalue weighted by molar-refractivity contribution is -0.127. The average molecular weight is 437 g/mol. The van der Waals surface area contributed by atoms with Crippen LogP contribution in [0.2, 0.25) is 0 Å². The summed E-state index contributed by atoms with van der Waals surface area (Å²) in [6, 6.07) is 5.38. The third-order valence-electron chi connectivity index (χ3n) is 7.09. The molecule has 8 heteroatoms. The predicted molar refractivity (Wildman–Crippen MR) is 126 cm³/mol. The maximum absolute atomic E-state index is 12.9. The van der Waals surface area contributed by atoms with E-state index in [-0.39, 0.29) is 29.6 Å². The molecule has 1 aliphatic heterocycles. The van der Waals surface area contributed by atoms with Crippen molar-refractivity contribution in [2.24, 2.45) is 7.05 Å². The van der Waals surface area contributed by atoms with Crippen LogP contribution in [0.1, 0.15) is 46.5 Å². The number of nitrogens with zero attached hydrogens (tertiary/aromatic N) is 5. The molecule has 3 atom stereocenters. The van der Waals surface area contributed by atoms with Gasteiger partial charge in [0.05, 0.1) is 17.2 Å². The molecule has 1 amide bonds. The molecular formula is C24H32N6O2. The molecule has 2 aromatic rings. The van der Waals surface area contributed by atoms with Gasteiger partial charge in [0.1, 0.15) is 0 Å². The Morgan fingerprint density at radius 1 is 1.22 bits per heavy atom. The van der Waals surface area contributed by atoms with Gasteiger partial charge in [-0.05, 0) is 45.7 Å². The van der Waals surface area contributed by atoms with Gasteiger partial charge >= 0.3 is 0 Å². The number of piperazine rings is 1. The molecular weight excluding hydrogens is 404 g/mol. The maximum Gasteiger partial charge on any atom is 0.270 e. The summed E-state index contributed by atoms with van der Waals surface area (Å²) in [5.74, 6) is 0.417. The first-order chi connectivity index (χ1) is 15.3. The van der Waals surface area contributed by atoms with Crippen LogP contribution in [0.3, 0.4) is 0 Å². The highest BCUT2D eigenvalue weighted by molar-refractivity contribution is 5.90. The topological polar surface area (TPSA) is 74.8 Å². The molecule has 0 aromatic carbocycles. The molecule has 2 aromatic heterocycles. The summed E-state index contributed by atoms with van der Waals surface area (Å²) in [5.41, 5.74) is 2.04. The standard InChI is InChI=1S/C24H32N6O2/c1-15-14-30(16(2)13-29(15)17(3)24(32)26-18-8-6-7-9-18)20-12-22(31)28(5)19-10-11-21(25-4)27-23(19)20/h10-12,15-18H,6-9,13-14H2,1-3,5H3,(H,26,32)/t15-,16+,17?/m1/s1. The number of hydrogen-bond donors (Lipinski definition) is 1. The SMILES string of the molecule is [C-]#[N+]c1ccc2c(n1)c(N1C[C@@H](C)N(C(C)C(=O)NC3CCCC3)C[C@@H]1C)cc(=O)n2C. The molecule has 32 heavy (non-hydrogen) atoms. The zero-order chi connectivity index (χ0) is 23.0. The van der Waals surface area contributed by atoms with Gasteiger partial charge < -0.3 is 19.6 Å². The van der Waals surface area contributed by atoms with E-state index in [1.165, 1.54) is 12.8 Å². The van der Waals surface area contributed by atoms with Crippen LogP contribution in [0.4, 0.5) is 11.5 Å².